The molecule has 6 nitrogen and oxygen atoms in total. The molecule has 0 fully saturated rings. The van der Waals surface area contributed by atoms with Crippen LogP contribution in [0.3, 0.4) is 0 Å². The standard InChI is InChI=1S/C28H26ClFN4O2/c1-2-3-17-33(28(36)21-9-11-22(29)12-10-21)19-27(35)31-26-18-25(20-7-5-4-6-8-20)32-34(26)24-15-13-23(30)14-16-24/h4-16,18H,2-3,17,19H2,1H3,(H,31,35). The summed E-state index contributed by atoms with van der Waals surface area (Å²) in [6, 6.07) is 23.8. The van der Waals surface area contributed by atoms with Gasteiger partial charge in [-0.15, -0.1) is 0 Å². The molecule has 1 aromatic heterocycles. The first-order valence-corrected chi connectivity index (χ1v) is 12.1. The van der Waals surface area contributed by atoms with Crippen LogP contribution in [0.5, 0.6) is 0 Å². The number of aromatic nitrogens is 2. The second kappa shape index (κ2) is 11.6. The Morgan fingerprint density at radius 3 is 2.36 bits per heavy atom. The van der Waals surface area contributed by atoms with Crippen LogP contribution in [0.15, 0.2) is 84.9 Å². The number of unbranched alkanes of at least 4 members (excludes halogenated alkanes) is 1. The summed E-state index contributed by atoms with van der Waals surface area (Å²) in [7, 11) is 0. The van der Waals surface area contributed by atoms with Crippen molar-refractivity contribution in [2.24, 2.45) is 0 Å². The van der Waals surface area contributed by atoms with E-state index in [-0.39, 0.29) is 24.2 Å². The topological polar surface area (TPSA) is 67.2 Å². The molecular weight excluding hydrogens is 479 g/mol. The third kappa shape index (κ3) is 6.17. The van der Waals surface area contributed by atoms with Crippen LogP contribution in [-0.2, 0) is 4.79 Å². The quantitative estimate of drug-likeness (QED) is 0.294. The third-order valence-corrected chi connectivity index (χ3v) is 5.86. The number of halogens is 2. The molecule has 0 saturated carbocycles. The first-order valence-electron chi connectivity index (χ1n) is 11.7. The van der Waals surface area contributed by atoms with Gasteiger partial charge in [-0.2, -0.15) is 5.10 Å². The molecule has 0 aliphatic heterocycles. The fourth-order valence-electron chi connectivity index (χ4n) is 3.73. The van der Waals surface area contributed by atoms with Gasteiger partial charge in [0.25, 0.3) is 5.91 Å². The molecule has 0 saturated heterocycles. The number of hydrogen-bond acceptors (Lipinski definition) is 3. The van der Waals surface area contributed by atoms with Gasteiger partial charge in [0.1, 0.15) is 18.2 Å². The van der Waals surface area contributed by atoms with Crippen LogP contribution < -0.4 is 5.32 Å². The van der Waals surface area contributed by atoms with Gasteiger partial charge in [-0.3, -0.25) is 9.59 Å². The predicted molar refractivity (Wildman–Crippen MR) is 140 cm³/mol. The van der Waals surface area contributed by atoms with E-state index in [1.54, 1.807) is 47.1 Å². The van der Waals surface area contributed by atoms with Crippen LogP contribution in [0.1, 0.15) is 30.1 Å². The van der Waals surface area contributed by atoms with Gasteiger partial charge in [-0.1, -0.05) is 55.3 Å². The van der Waals surface area contributed by atoms with Crippen molar-refractivity contribution in [3.8, 4) is 16.9 Å². The number of nitrogens with zero attached hydrogens (tertiary/aromatic N) is 3. The summed E-state index contributed by atoms with van der Waals surface area (Å²) < 4.78 is 15.1. The van der Waals surface area contributed by atoms with Crippen molar-refractivity contribution in [1.82, 2.24) is 14.7 Å². The minimum atomic E-state index is -0.368. The Kier molecular flexibility index (Phi) is 8.13. The first-order chi connectivity index (χ1) is 17.4. The van der Waals surface area contributed by atoms with E-state index in [4.69, 9.17) is 11.6 Å². The van der Waals surface area contributed by atoms with Gasteiger partial charge < -0.3 is 10.2 Å². The van der Waals surface area contributed by atoms with Crippen LogP contribution >= 0.6 is 11.6 Å². The van der Waals surface area contributed by atoms with Crippen molar-refractivity contribution in [1.29, 1.82) is 0 Å². The molecular formula is C28H26ClFN4O2. The van der Waals surface area contributed by atoms with Gasteiger partial charge in [-0.25, -0.2) is 9.07 Å². The van der Waals surface area contributed by atoms with Crippen LogP contribution in [0.25, 0.3) is 16.9 Å². The maximum Gasteiger partial charge on any atom is 0.254 e. The number of anilines is 1. The van der Waals surface area contributed by atoms with E-state index >= 15 is 0 Å². The molecule has 4 rings (SSSR count). The van der Waals surface area contributed by atoms with Gasteiger partial charge in [0.05, 0.1) is 11.4 Å². The molecule has 36 heavy (non-hydrogen) atoms. The Labute approximate surface area is 214 Å². The Hall–Kier alpha value is -3.97. The Morgan fingerprint density at radius 1 is 1.00 bits per heavy atom. The summed E-state index contributed by atoms with van der Waals surface area (Å²) in [4.78, 5) is 27.8. The molecule has 1 N–H and O–H groups in total. The summed E-state index contributed by atoms with van der Waals surface area (Å²) >= 11 is 5.96. The monoisotopic (exact) mass is 504 g/mol. The van der Waals surface area contributed by atoms with Gasteiger partial charge in [0.15, 0.2) is 0 Å². The van der Waals surface area contributed by atoms with E-state index in [1.165, 1.54) is 17.0 Å². The first kappa shape index (κ1) is 25.1. The van der Waals surface area contributed by atoms with Gasteiger partial charge in [0.2, 0.25) is 5.91 Å². The lowest BCUT2D eigenvalue weighted by Gasteiger charge is -2.22. The molecule has 0 bridgehead atoms. The molecule has 0 unspecified atom stereocenters. The summed E-state index contributed by atoms with van der Waals surface area (Å²) in [5.74, 6) is -0.560. The molecule has 0 spiro atoms. The van der Waals surface area contributed by atoms with Crippen LogP contribution in [0, 0.1) is 5.82 Å². The van der Waals surface area contributed by atoms with E-state index in [0.717, 1.165) is 18.4 Å². The zero-order valence-corrected chi connectivity index (χ0v) is 20.6. The van der Waals surface area contributed by atoms with Crippen LogP contribution in [0.2, 0.25) is 5.02 Å². The lowest BCUT2D eigenvalue weighted by atomic mass is 10.1. The van der Waals surface area contributed by atoms with Crippen molar-refractivity contribution in [2.45, 2.75) is 19.8 Å². The maximum atomic E-state index is 13.5. The number of carbonyl (C=O) groups is 2. The zero-order valence-electron chi connectivity index (χ0n) is 19.8. The highest BCUT2D eigenvalue weighted by Gasteiger charge is 2.20. The molecule has 1 heterocycles. The number of benzene rings is 3. The molecule has 0 radical (unpaired) electrons. The zero-order chi connectivity index (χ0) is 25.5. The molecule has 0 atom stereocenters. The number of hydrogen-bond donors (Lipinski definition) is 1. The smallest absolute Gasteiger partial charge is 0.254 e. The van der Waals surface area contributed by atoms with E-state index < -0.39 is 0 Å². The fourth-order valence-corrected chi connectivity index (χ4v) is 3.86. The lowest BCUT2D eigenvalue weighted by Crippen LogP contribution is -2.39. The second-order valence-electron chi connectivity index (χ2n) is 8.30. The van der Waals surface area contributed by atoms with Crippen molar-refractivity contribution >= 4 is 29.2 Å². The summed E-state index contributed by atoms with van der Waals surface area (Å²) in [6.07, 6.45) is 1.64. The van der Waals surface area contributed by atoms with Gasteiger partial charge in [-0.05, 0) is 55.0 Å². The van der Waals surface area contributed by atoms with Crippen molar-refractivity contribution in [3.05, 3.63) is 101 Å². The average Bonchev–Trinajstić information content (AvgIpc) is 3.31. The number of nitrogens with one attached hydrogen (secondary N) is 1. The number of carbonyl (C=O) groups excluding carboxylic acids is 2. The van der Waals surface area contributed by atoms with Gasteiger partial charge in [0, 0.05) is 28.8 Å². The Morgan fingerprint density at radius 2 is 1.69 bits per heavy atom. The highest BCUT2D eigenvalue weighted by molar-refractivity contribution is 6.30. The minimum Gasteiger partial charge on any atom is -0.329 e. The van der Waals surface area contributed by atoms with Crippen molar-refractivity contribution in [3.63, 3.8) is 0 Å². The minimum absolute atomic E-state index is 0.128. The second-order valence-corrected chi connectivity index (χ2v) is 8.74. The molecule has 0 aliphatic carbocycles. The molecule has 8 heteroatoms. The van der Waals surface area contributed by atoms with E-state index in [0.29, 0.717) is 34.3 Å². The Balaban J connectivity index is 1.59. The summed E-state index contributed by atoms with van der Waals surface area (Å²) in [5, 5.41) is 8.06. The van der Waals surface area contributed by atoms with Crippen molar-refractivity contribution < 1.29 is 14.0 Å². The largest absolute Gasteiger partial charge is 0.329 e. The van der Waals surface area contributed by atoms with Crippen LogP contribution in [0.4, 0.5) is 10.2 Å². The number of rotatable bonds is 9. The molecule has 3 aromatic carbocycles. The van der Waals surface area contributed by atoms with Crippen molar-refractivity contribution in [2.75, 3.05) is 18.4 Å². The lowest BCUT2D eigenvalue weighted by molar-refractivity contribution is -0.117. The van der Waals surface area contributed by atoms with E-state index in [1.807, 2.05) is 37.3 Å². The van der Waals surface area contributed by atoms with E-state index in [2.05, 4.69) is 10.4 Å². The normalized spacial score (nSPS) is 10.8. The fraction of sp³-hybridized carbons (Fsp3) is 0.179. The van der Waals surface area contributed by atoms with Gasteiger partial charge >= 0.3 is 0 Å². The SMILES string of the molecule is CCCCN(CC(=O)Nc1cc(-c2ccccc2)nn1-c1ccc(F)cc1)C(=O)c1ccc(Cl)cc1. The Bertz CT molecular complexity index is 1320. The molecule has 2 amide bonds. The van der Waals surface area contributed by atoms with Crippen LogP contribution in [-0.4, -0.2) is 39.6 Å². The molecule has 0 aliphatic rings. The van der Waals surface area contributed by atoms with E-state index in [9.17, 15) is 14.0 Å². The predicted octanol–water partition coefficient (Wildman–Crippen LogP) is 6.21. The molecule has 4 aromatic rings. The average molecular weight is 505 g/mol. The number of amides is 2. The molecule has 184 valence electrons. The summed E-state index contributed by atoms with van der Waals surface area (Å²) in [6.45, 7) is 2.34. The highest BCUT2D eigenvalue weighted by atomic mass is 35.5. The third-order valence-electron chi connectivity index (χ3n) is 5.61. The maximum absolute atomic E-state index is 13.5. The highest BCUT2D eigenvalue weighted by Crippen LogP contribution is 2.25. The summed E-state index contributed by atoms with van der Waals surface area (Å²) in [5.41, 5.74) is 2.58.